The van der Waals surface area contributed by atoms with E-state index < -0.39 is 0 Å². The molecule has 20 heavy (non-hydrogen) atoms. The Balaban J connectivity index is 2.14. The van der Waals surface area contributed by atoms with Crippen molar-refractivity contribution < 1.29 is 4.79 Å². The highest BCUT2D eigenvalue weighted by Gasteiger charge is 2.13. The van der Waals surface area contributed by atoms with Crippen LogP contribution in [0.5, 0.6) is 0 Å². The largest absolute Gasteiger partial charge is 0.360 e. The van der Waals surface area contributed by atoms with Gasteiger partial charge in [-0.1, -0.05) is 27.3 Å². The second-order valence-electron chi connectivity index (χ2n) is 4.32. The number of benzene rings is 1. The minimum atomic E-state index is -0.243. The summed E-state index contributed by atoms with van der Waals surface area (Å²) in [7, 11) is 0. The van der Waals surface area contributed by atoms with Gasteiger partial charge in [-0.2, -0.15) is 0 Å². The Morgan fingerprint density at radius 3 is 2.55 bits per heavy atom. The number of carbonyl (C=O) groups is 1. The predicted octanol–water partition coefficient (Wildman–Crippen LogP) is 3.60. The van der Waals surface area contributed by atoms with Gasteiger partial charge in [-0.15, -0.1) is 10.2 Å². The molecule has 1 aromatic carbocycles. The second kappa shape index (κ2) is 6.32. The number of anilines is 2. The summed E-state index contributed by atoms with van der Waals surface area (Å²) in [5, 5.41) is 14.7. The molecule has 7 heteroatoms. The van der Waals surface area contributed by atoms with Gasteiger partial charge in [0.05, 0.1) is 0 Å². The molecule has 1 aromatic heterocycles. The van der Waals surface area contributed by atoms with Crippen LogP contribution in [-0.2, 0) is 0 Å². The van der Waals surface area contributed by atoms with Gasteiger partial charge in [-0.25, -0.2) is 0 Å². The SMILES string of the molecule is CCNc1nnc(C(=O)Nc2cc(C)c(Br)c(C)c2)s1. The lowest BCUT2D eigenvalue weighted by molar-refractivity contribution is 0.102. The number of hydrogen-bond acceptors (Lipinski definition) is 5. The Morgan fingerprint density at radius 2 is 1.95 bits per heavy atom. The number of aryl methyl sites for hydroxylation is 2. The van der Waals surface area contributed by atoms with Gasteiger partial charge in [0.2, 0.25) is 10.1 Å². The van der Waals surface area contributed by atoms with Crippen LogP contribution in [0.4, 0.5) is 10.8 Å². The van der Waals surface area contributed by atoms with Crippen molar-refractivity contribution in [3.05, 3.63) is 32.7 Å². The molecule has 0 radical (unpaired) electrons. The van der Waals surface area contributed by atoms with Crippen molar-refractivity contribution in [1.82, 2.24) is 10.2 Å². The molecule has 0 aliphatic rings. The van der Waals surface area contributed by atoms with Gasteiger partial charge in [0.15, 0.2) is 0 Å². The fourth-order valence-corrected chi connectivity index (χ4v) is 2.68. The van der Waals surface area contributed by atoms with Crippen LogP contribution >= 0.6 is 27.3 Å². The summed E-state index contributed by atoms with van der Waals surface area (Å²) in [5.41, 5.74) is 2.91. The summed E-state index contributed by atoms with van der Waals surface area (Å²) in [4.78, 5) is 12.1. The molecule has 0 saturated heterocycles. The summed E-state index contributed by atoms with van der Waals surface area (Å²) < 4.78 is 1.06. The van der Waals surface area contributed by atoms with E-state index in [1.165, 1.54) is 11.3 Å². The van der Waals surface area contributed by atoms with Crippen LogP contribution in [0.2, 0.25) is 0 Å². The molecule has 1 amide bonds. The quantitative estimate of drug-likeness (QED) is 0.879. The zero-order valence-electron chi connectivity index (χ0n) is 11.5. The third-order valence-electron chi connectivity index (χ3n) is 2.64. The van der Waals surface area contributed by atoms with Gasteiger partial charge in [-0.3, -0.25) is 4.79 Å². The summed E-state index contributed by atoms with van der Waals surface area (Å²) in [6, 6.07) is 3.84. The van der Waals surface area contributed by atoms with Crippen LogP contribution in [0, 0.1) is 13.8 Å². The Hall–Kier alpha value is -1.47. The van der Waals surface area contributed by atoms with E-state index in [1.807, 2.05) is 32.9 Å². The van der Waals surface area contributed by atoms with Crippen LogP contribution in [0.25, 0.3) is 0 Å². The number of halogens is 1. The van der Waals surface area contributed by atoms with E-state index >= 15 is 0 Å². The molecule has 0 bridgehead atoms. The molecule has 0 aliphatic carbocycles. The lowest BCUT2D eigenvalue weighted by Gasteiger charge is -2.08. The molecular formula is C13H15BrN4OS. The Bertz CT molecular complexity index is 618. The summed E-state index contributed by atoms with van der Waals surface area (Å²) in [6.07, 6.45) is 0. The monoisotopic (exact) mass is 354 g/mol. The minimum absolute atomic E-state index is 0.243. The molecule has 0 saturated carbocycles. The van der Waals surface area contributed by atoms with E-state index in [0.717, 1.165) is 27.8 Å². The molecule has 2 aromatic rings. The molecule has 0 atom stereocenters. The predicted molar refractivity (Wildman–Crippen MR) is 85.6 cm³/mol. The standard InChI is InChI=1S/C13H15BrN4OS/c1-4-15-13-18-17-12(20-13)11(19)16-9-5-7(2)10(14)8(3)6-9/h5-6H,4H2,1-3H3,(H,15,18)(H,16,19). The smallest absolute Gasteiger partial charge is 0.286 e. The number of rotatable bonds is 4. The zero-order valence-corrected chi connectivity index (χ0v) is 13.9. The van der Waals surface area contributed by atoms with Crippen molar-refractivity contribution in [2.75, 3.05) is 17.2 Å². The van der Waals surface area contributed by atoms with Crippen LogP contribution in [0.15, 0.2) is 16.6 Å². The van der Waals surface area contributed by atoms with Gasteiger partial charge in [-0.05, 0) is 44.0 Å². The fourth-order valence-electron chi connectivity index (χ4n) is 1.74. The highest BCUT2D eigenvalue weighted by molar-refractivity contribution is 9.10. The van der Waals surface area contributed by atoms with Crippen LogP contribution < -0.4 is 10.6 Å². The van der Waals surface area contributed by atoms with Crippen LogP contribution in [0.1, 0.15) is 27.9 Å². The molecule has 106 valence electrons. The summed E-state index contributed by atoms with van der Waals surface area (Å²) >= 11 is 4.75. The van der Waals surface area contributed by atoms with E-state index in [-0.39, 0.29) is 5.91 Å². The average molecular weight is 355 g/mol. The lowest BCUT2D eigenvalue weighted by Crippen LogP contribution is -2.12. The lowest BCUT2D eigenvalue weighted by atomic mass is 10.1. The van der Waals surface area contributed by atoms with E-state index in [0.29, 0.717) is 10.1 Å². The first-order valence-corrected chi connectivity index (χ1v) is 7.77. The summed E-state index contributed by atoms with van der Waals surface area (Å²) in [5.74, 6) is -0.243. The van der Waals surface area contributed by atoms with Gasteiger partial charge < -0.3 is 10.6 Å². The number of hydrogen-bond donors (Lipinski definition) is 2. The van der Waals surface area contributed by atoms with Crippen molar-refractivity contribution in [1.29, 1.82) is 0 Å². The number of nitrogens with one attached hydrogen (secondary N) is 2. The van der Waals surface area contributed by atoms with E-state index in [2.05, 4.69) is 36.8 Å². The molecule has 0 aliphatic heterocycles. The van der Waals surface area contributed by atoms with Crippen molar-refractivity contribution in [2.45, 2.75) is 20.8 Å². The molecule has 5 nitrogen and oxygen atoms in total. The topological polar surface area (TPSA) is 66.9 Å². The molecule has 0 fully saturated rings. The number of amides is 1. The maximum atomic E-state index is 12.1. The fraction of sp³-hybridized carbons (Fsp3) is 0.308. The Labute approximate surface area is 129 Å². The van der Waals surface area contributed by atoms with Gasteiger partial charge in [0, 0.05) is 16.7 Å². The minimum Gasteiger partial charge on any atom is -0.360 e. The highest BCUT2D eigenvalue weighted by Crippen LogP contribution is 2.25. The number of carbonyl (C=O) groups excluding carboxylic acids is 1. The van der Waals surface area contributed by atoms with Gasteiger partial charge >= 0.3 is 0 Å². The first-order chi connectivity index (χ1) is 9.51. The Morgan fingerprint density at radius 1 is 1.30 bits per heavy atom. The average Bonchev–Trinajstić information content (AvgIpc) is 2.85. The van der Waals surface area contributed by atoms with Crippen molar-refractivity contribution >= 4 is 44.0 Å². The molecule has 2 rings (SSSR count). The second-order valence-corrected chi connectivity index (χ2v) is 6.09. The van der Waals surface area contributed by atoms with Gasteiger partial charge in [0.25, 0.3) is 5.91 Å². The normalized spacial score (nSPS) is 10.4. The zero-order chi connectivity index (χ0) is 14.7. The third kappa shape index (κ3) is 3.34. The number of nitrogens with zero attached hydrogens (tertiary/aromatic N) is 2. The van der Waals surface area contributed by atoms with Crippen molar-refractivity contribution in [2.24, 2.45) is 0 Å². The van der Waals surface area contributed by atoms with Crippen LogP contribution in [-0.4, -0.2) is 22.6 Å². The first-order valence-electron chi connectivity index (χ1n) is 6.16. The van der Waals surface area contributed by atoms with E-state index in [9.17, 15) is 4.79 Å². The molecule has 0 spiro atoms. The van der Waals surface area contributed by atoms with Crippen molar-refractivity contribution in [3.63, 3.8) is 0 Å². The van der Waals surface area contributed by atoms with Gasteiger partial charge in [0.1, 0.15) is 0 Å². The van der Waals surface area contributed by atoms with Crippen molar-refractivity contribution in [3.8, 4) is 0 Å². The maximum Gasteiger partial charge on any atom is 0.286 e. The van der Waals surface area contributed by atoms with E-state index in [1.54, 1.807) is 0 Å². The molecular weight excluding hydrogens is 340 g/mol. The maximum absolute atomic E-state index is 12.1. The first kappa shape index (κ1) is 14.9. The molecule has 1 heterocycles. The molecule has 2 N–H and O–H groups in total. The van der Waals surface area contributed by atoms with E-state index in [4.69, 9.17) is 0 Å². The highest BCUT2D eigenvalue weighted by atomic mass is 79.9. The Kier molecular flexibility index (Phi) is 4.72. The van der Waals surface area contributed by atoms with Crippen LogP contribution in [0.3, 0.4) is 0 Å². The third-order valence-corrected chi connectivity index (χ3v) is 4.77. The number of aromatic nitrogens is 2. The molecule has 0 unspecified atom stereocenters. The summed E-state index contributed by atoms with van der Waals surface area (Å²) in [6.45, 7) is 6.69.